The second-order valence-corrected chi connectivity index (χ2v) is 4.24. The van der Waals surface area contributed by atoms with Crippen molar-refractivity contribution in [2.24, 2.45) is 0 Å². The molecule has 0 amide bonds. The first-order chi connectivity index (χ1) is 9.47. The summed E-state index contributed by atoms with van der Waals surface area (Å²) >= 11 is 5.66. The quantitative estimate of drug-likeness (QED) is 0.406. The Morgan fingerprint density at radius 2 is 1.85 bits per heavy atom. The van der Waals surface area contributed by atoms with Crippen LogP contribution in [0.2, 0.25) is 5.02 Å². The van der Waals surface area contributed by atoms with Gasteiger partial charge in [-0.1, -0.05) is 11.6 Å². The maximum absolute atomic E-state index is 11.8. The number of benzene rings is 2. The summed E-state index contributed by atoms with van der Waals surface area (Å²) < 4.78 is 4.97. The van der Waals surface area contributed by atoms with Gasteiger partial charge in [0.25, 0.3) is 0 Å². The molecule has 0 atom stereocenters. The highest BCUT2D eigenvalue weighted by Crippen LogP contribution is 2.30. The summed E-state index contributed by atoms with van der Waals surface area (Å²) in [5, 5.41) is 20.1. The highest BCUT2D eigenvalue weighted by atomic mass is 35.5. The van der Waals surface area contributed by atoms with Crippen molar-refractivity contribution in [2.75, 3.05) is 0 Å². The zero-order chi connectivity index (χ0) is 14.7. The summed E-state index contributed by atoms with van der Waals surface area (Å²) in [6, 6.07) is 9.05. The second kappa shape index (κ2) is 5.58. The molecule has 0 spiro atoms. The lowest BCUT2D eigenvalue weighted by Gasteiger charge is -2.05. The molecule has 20 heavy (non-hydrogen) atoms. The van der Waals surface area contributed by atoms with E-state index < -0.39 is 16.6 Å². The van der Waals surface area contributed by atoms with Gasteiger partial charge in [0.2, 0.25) is 5.75 Å². The van der Waals surface area contributed by atoms with Crippen LogP contribution in [0.25, 0.3) is 0 Å². The van der Waals surface area contributed by atoms with E-state index in [1.165, 1.54) is 36.4 Å². The molecule has 1 N–H and O–H groups in total. The predicted octanol–water partition coefficient (Wildman–Crippen LogP) is 3.17. The molecular weight excluding hydrogens is 286 g/mol. The number of halogens is 1. The Bertz CT molecular complexity index is 669. The van der Waals surface area contributed by atoms with Gasteiger partial charge in [0.05, 0.1) is 10.5 Å². The first-order valence-corrected chi connectivity index (χ1v) is 5.80. The minimum Gasteiger partial charge on any atom is -0.508 e. The van der Waals surface area contributed by atoms with Gasteiger partial charge in [0, 0.05) is 11.1 Å². The standard InChI is InChI=1S/C13H8ClNO5/c14-9-3-6-12(11(7-9)15(18)19)20-13(17)8-1-4-10(16)5-2-8/h1-7,16H. The third-order valence-corrected chi connectivity index (χ3v) is 2.66. The first kappa shape index (κ1) is 13.8. The van der Waals surface area contributed by atoms with Crippen molar-refractivity contribution in [3.05, 3.63) is 63.2 Å². The minimum atomic E-state index is -0.768. The van der Waals surface area contributed by atoms with E-state index in [-0.39, 0.29) is 22.1 Å². The largest absolute Gasteiger partial charge is 0.508 e. The van der Waals surface area contributed by atoms with Crippen molar-refractivity contribution >= 4 is 23.3 Å². The molecule has 2 aromatic rings. The Balaban J connectivity index is 2.28. The number of hydrogen-bond donors (Lipinski definition) is 1. The van der Waals surface area contributed by atoms with Crippen LogP contribution in [0.1, 0.15) is 10.4 Å². The minimum absolute atomic E-state index is 0.000904. The lowest BCUT2D eigenvalue weighted by molar-refractivity contribution is -0.385. The number of esters is 1. The van der Waals surface area contributed by atoms with E-state index in [2.05, 4.69) is 0 Å². The number of phenols is 1. The molecule has 0 bridgehead atoms. The molecule has 6 nitrogen and oxygen atoms in total. The zero-order valence-corrected chi connectivity index (χ0v) is 10.7. The molecule has 2 rings (SSSR count). The number of nitro benzene ring substituents is 1. The normalized spacial score (nSPS) is 10.1. The first-order valence-electron chi connectivity index (χ1n) is 5.42. The van der Waals surface area contributed by atoms with Gasteiger partial charge in [-0.05, 0) is 36.4 Å². The summed E-state index contributed by atoms with van der Waals surface area (Å²) in [4.78, 5) is 22.0. The number of carbonyl (C=O) groups excluding carboxylic acids is 1. The fraction of sp³-hybridized carbons (Fsp3) is 0. The van der Waals surface area contributed by atoms with Crippen molar-refractivity contribution in [3.63, 3.8) is 0 Å². The van der Waals surface area contributed by atoms with Gasteiger partial charge in [-0.25, -0.2) is 4.79 Å². The maximum Gasteiger partial charge on any atom is 0.343 e. The average Bonchev–Trinajstić information content (AvgIpc) is 2.41. The van der Waals surface area contributed by atoms with E-state index in [9.17, 15) is 14.9 Å². The average molecular weight is 294 g/mol. The number of carbonyl (C=O) groups is 1. The third kappa shape index (κ3) is 3.04. The Kier molecular flexibility index (Phi) is 3.86. The summed E-state index contributed by atoms with van der Waals surface area (Å²) in [7, 11) is 0. The molecule has 0 aliphatic heterocycles. The van der Waals surface area contributed by atoms with Gasteiger partial charge in [-0.2, -0.15) is 0 Å². The van der Waals surface area contributed by atoms with Crippen molar-refractivity contribution in [2.45, 2.75) is 0 Å². The van der Waals surface area contributed by atoms with Crippen LogP contribution >= 0.6 is 11.6 Å². The fourth-order valence-corrected chi connectivity index (χ4v) is 1.64. The molecule has 0 unspecified atom stereocenters. The van der Waals surface area contributed by atoms with Crippen LogP contribution in [-0.2, 0) is 0 Å². The molecule has 0 aliphatic carbocycles. The molecule has 7 heteroatoms. The zero-order valence-electron chi connectivity index (χ0n) is 9.95. The van der Waals surface area contributed by atoms with E-state index >= 15 is 0 Å². The Labute approximate surface area is 118 Å². The molecular formula is C13H8ClNO5. The number of aromatic hydroxyl groups is 1. The predicted molar refractivity (Wildman–Crippen MR) is 71.2 cm³/mol. The number of nitro groups is 1. The van der Waals surface area contributed by atoms with Gasteiger partial charge in [0.15, 0.2) is 0 Å². The highest BCUT2D eigenvalue weighted by molar-refractivity contribution is 6.30. The van der Waals surface area contributed by atoms with Crippen LogP contribution in [0.3, 0.4) is 0 Å². The van der Waals surface area contributed by atoms with Gasteiger partial charge >= 0.3 is 11.7 Å². The SMILES string of the molecule is O=C(Oc1ccc(Cl)cc1[N+](=O)[O-])c1ccc(O)cc1. The summed E-state index contributed by atoms with van der Waals surface area (Å²) in [6.45, 7) is 0. The third-order valence-electron chi connectivity index (χ3n) is 2.42. The lowest BCUT2D eigenvalue weighted by Crippen LogP contribution is -2.09. The van der Waals surface area contributed by atoms with Crippen molar-refractivity contribution < 1.29 is 19.6 Å². The van der Waals surface area contributed by atoms with E-state index in [1.54, 1.807) is 0 Å². The Morgan fingerprint density at radius 1 is 1.20 bits per heavy atom. The van der Waals surface area contributed by atoms with Crippen molar-refractivity contribution in [1.29, 1.82) is 0 Å². The molecule has 0 fully saturated rings. The van der Waals surface area contributed by atoms with E-state index in [4.69, 9.17) is 21.4 Å². The van der Waals surface area contributed by atoms with Gasteiger partial charge < -0.3 is 9.84 Å². The molecule has 102 valence electrons. The van der Waals surface area contributed by atoms with Crippen LogP contribution in [0.4, 0.5) is 5.69 Å². The fourth-order valence-electron chi connectivity index (χ4n) is 1.48. The maximum atomic E-state index is 11.8. The topological polar surface area (TPSA) is 89.7 Å². The van der Waals surface area contributed by atoms with Crippen LogP contribution in [0.15, 0.2) is 42.5 Å². The lowest BCUT2D eigenvalue weighted by atomic mass is 10.2. The molecule has 0 saturated carbocycles. The second-order valence-electron chi connectivity index (χ2n) is 3.81. The number of phenolic OH excluding ortho intramolecular Hbond substituents is 1. The van der Waals surface area contributed by atoms with Gasteiger partial charge in [-0.15, -0.1) is 0 Å². The number of rotatable bonds is 3. The van der Waals surface area contributed by atoms with Crippen molar-refractivity contribution in [1.82, 2.24) is 0 Å². The van der Waals surface area contributed by atoms with Crippen LogP contribution in [0.5, 0.6) is 11.5 Å². The highest BCUT2D eigenvalue weighted by Gasteiger charge is 2.19. The molecule has 0 saturated heterocycles. The van der Waals surface area contributed by atoms with E-state index in [0.717, 1.165) is 6.07 Å². The summed E-state index contributed by atoms with van der Waals surface area (Å²) in [5.41, 5.74) is -0.239. The van der Waals surface area contributed by atoms with Crippen molar-refractivity contribution in [3.8, 4) is 11.5 Å². The van der Waals surface area contributed by atoms with Gasteiger partial charge in [-0.3, -0.25) is 10.1 Å². The van der Waals surface area contributed by atoms with Gasteiger partial charge in [0.1, 0.15) is 5.75 Å². The van der Waals surface area contributed by atoms with Crippen LogP contribution in [0, 0.1) is 10.1 Å². The summed E-state index contributed by atoms with van der Waals surface area (Å²) in [6.07, 6.45) is 0. The smallest absolute Gasteiger partial charge is 0.343 e. The van der Waals surface area contributed by atoms with E-state index in [1.807, 2.05) is 0 Å². The van der Waals surface area contributed by atoms with E-state index in [0.29, 0.717) is 0 Å². The molecule has 0 aliphatic rings. The van der Waals surface area contributed by atoms with Crippen LogP contribution in [-0.4, -0.2) is 16.0 Å². The number of nitrogens with zero attached hydrogens (tertiary/aromatic N) is 1. The molecule has 2 aromatic carbocycles. The molecule has 0 aromatic heterocycles. The number of ether oxygens (including phenoxy) is 1. The van der Waals surface area contributed by atoms with Crippen LogP contribution < -0.4 is 4.74 Å². The summed E-state index contributed by atoms with van der Waals surface area (Å²) in [5.74, 6) is -0.966. The molecule has 0 radical (unpaired) electrons. The Hall–Kier alpha value is -2.60. The number of hydrogen-bond acceptors (Lipinski definition) is 5. The molecule has 0 heterocycles. The Morgan fingerprint density at radius 3 is 2.45 bits per heavy atom. The monoisotopic (exact) mass is 293 g/mol.